The third-order valence-corrected chi connectivity index (χ3v) is 1.90. The molecule has 0 aromatic heterocycles. The van der Waals surface area contributed by atoms with Crippen molar-refractivity contribution in [3.05, 3.63) is 0 Å². The van der Waals surface area contributed by atoms with Gasteiger partial charge in [0.2, 0.25) is 5.91 Å². The number of urea groups is 1. The van der Waals surface area contributed by atoms with Crippen LogP contribution in [0, 0.1) is 0 Å². The van der Waals surface area contributed by atoms with Gasteiger partial charge in [-0.25, -0.2) is 4.79 Å². The summed E-state index contributed by atoms with van der Waals surface area (Å²) in [5, 5.41) is 2.38. The monoisotopic (exact) mass is 228 g/mol. The fourth-order valence-electron chi connectivity index (χ4n) is 1.28. The maximum atomic E-state index is 11.3. The first-order chi connectivity index (χ1) is 7.29. The minimum Gasteiger partial charge on any atom is -0.460 e. The second-order valence-electron chi connectivity index (χ2n) is 4.54. The lowest BCUT2D eigenvalue weighted by Crippen LogP contribution is -2.34. The van der Waals surface area contributed by atoms with Crippen molar-refractivity contribution in [2.75, 3.05) is 13.1 Å². The summed E-state index contributed by atoms with van der Waals surface area (Å²) < 4.78 is 5.06. The first-order valence-corrected chi connectivity index (χ1v) is 5.09. The molecular formula is C10H16N2O4. The highest BCUT2D eigenvalue weighted by Gasteiger charge is 2.29. The maximum absolute atomic E-state index is 11.3. The molecule has 1 N–H and O–H groups in total. The van der Waals surface area contributed by atoms with Crippen molar-refractivity contribution in [1.82, 2.24) is 10.2 Å². The standard InChI is InChI=1S/C10H16N2O4/c1-10(2,3)16-8(14)4-5-12-7(13)6-11-9(12)15/h4-6H2,1-3H3,(H,11,15). The molecule has 0 atom stereocenters. The van der Waals surface area contributed by atoms with E-state index < -0.39 is 17.6 Å². The van der Waals surface area contributed by atoms with Gasteiger partial charge in [0.25, 0.3) is 0 Å². The van der Waals surface area contributed by atoms with Crippen LogP contribution in [0.15, 0.2) is 0 Å². The average molecular weight is 228 g/mol. The first kappa shape index (κ1) is 12.5. The van der Waals surface area contributed by atoms with Crippen LogP contribution < -0.4 is 5.32 Å². The number of ether oxygens (including phenoxy) is 1. The van der Waals surface area contributed by atoms with Gasteiger partial charge in [-0.05, 0) is 20.8 Å². The molecule has 6 heteroatoms. The van der Waals surface area contributed by atoms with Gasteiger partial charge in [-0.2, -0.15) is 0 Å². The molecule has 1 saturated heterocycles. The van der Waals surface area contributed by atoms with Crippen molar-refractivity contribution in [2.45, 2.75) is 32.8 Å². The van der Waals surface area contributed by atoms with Crippen LogP contribution in [-0.2, 0) is 14.3 Å². The number of nitrogens with zero attached hydrogens (tertiary/aromatic N) is 1. The minimum atomic E-state index is -0.547. The fraction of sp³-hybridized carbons (Fsp3) is 0.700. The molecule has 6 nitrogen and oxygen atoms in total. The Hall–Kier alpha value is -1.59. The molecule has 0 bridgehead atoms. The predicted molar refractivity (Wildman–Crippen MR) is 55.6 cm³/mol. The molecule has 1 aliphatic rings. The van der Waals surface area contributed by atoms with Crippen molar-refractivity contribution < 1.29 is 19.1 Å². The molecule has 3 amide bonds. The van der Waals surface area contributed by atoms with E-state index in [0.29, 0.717) is 0 Å². The summed E-state index contributed by atoms with van der Waals surface area (Å²) in [6.07, 6.45) is 0.0242. The van der Waals surface area contributed by atoms with Crippen molar-refractivity contribution >= 4 is 17.9 Å². The van der Waals surface area contributed by atoms with Crippen LogP contribution in [0.5, 0.6) is 0 Å². The highest BCUT2D eigenvalue weighted by atomic mass is 16.6. The van der Waals surface area contributed by atoms with E-state index >= 15 is 0 Å². The maximum Gasteiger partial charge on any atom is 0.324 e. The summed E-state index contributed by atoms with van der Waals surface area (Å²) >= 11 is 0. The topological polar surface area (TPSA) is 75.7 Å². The van der Waals surface area contributed by atoms with Crippen LogP contribution in [0.25, 0.3) is 0 Å². The molecule has 1 fully saturated rings. The van der Waals surface area contributed by atoms with E-state index in [1.807, 2.05) is 0 Å². The Kier molecular flexibility index (Phi) is 3.51. The molecule has 0 saturated carbocycles. The van der Waals surface area contributed by atoms with Crippen LogP contribution in [0.1, 0.15) is 27.2 Å². The second kappa shape index (κ2) is 4.51. The van der Waals surface area contributed by atoms with Crippen LogP contribution in [-0.4, -0.2) is 41.5 Å². The SMILES string of the molecule is CC(C)(C)OC(=O)CCN1C(=O)CNC1=O. The Labute approximate surface area is 93.9 Å². The van der Waals surface area contributed by atoms with Gasteiger partial charge in [0.15, 0.2) is 0 Å². The van der Waals surface area contributed by atoms with Crippen molar-refractivity contribution in [1.29, 1.82) is 0 Å². The van der Waals surface area contributed by atoms with Gasteiger partial charge in [-0.1, -0.05) is 0 Å². The van der Waals surface area contributed by atoms with E-state index in [1.165, 1.54) is 0 Å². The summed E-state index contributed by atoms with van der Waals surface area (Å²) in [7, 11) is 0. The van der Waals surface area contributed by atoms with E-state index in [9.17, 15) is 14.4 Å². The molecule has 0 spiro atoms. The van der Waals surface area contributed by atoms with Gasteiger partial charge in [0.1, 0.15) is 5.60 Å². The number of nitrogens with one attached hydrogen (secondary N) is 1. The van der Waals surface area contributed by atoms with E-state index in [-0.39, 0.29) is 25.4 Å². The summed E-state index contributed by atoms with van der Waals surface area (Å²) in [4.78, 5) is 34.7. The van der Waals surface area contributed by atoms with Crippen molar-refractivity contribution in [3.8, 4) is 0 Å². The lowest BCUT2D eigenvalue weighted by molar-refractivity contribution is -0.155. The van der Waals surface area contributed by atoms with Gasteiger partial charge in [0.05, 0.1) is 13.0 Å². The zero-order chi connectivity index (χ0) is 12.3. The third kappa shape index (κ3) is 3.52. The molecule has 16 heavy (non-hydrogen) atoms. The molecule has 1 rings (SSSR count). The summed E-state index contributed by atoms with van der Waals surface area (Å²) in [6.45, 7) is 5.36. The quantitative estimate of drug-likeness (QED) is 0.555. The zero-order valence-electron chi connectivity index (χ0n) is 9.70. The third-order valence-electron chi connectivity index (χ3n) is 1.90. The number of amides is 3. The number of imide groups is 1. The Morgan fingerprint density at radius 2 is 2.06 bits per heavy atom. The molecule has 1 aliphatic heterocycles. The molecule has 90 valence electrons. The van der Waals surface area contributed by atoms with Gasteiger partial charge >= 0.3 is 12.0 Å². The van der Waals surface area contributed by atoms with E-state index in [4.69, 9.17) is 4.74 Å². The predicted octanol–water partition coefficient (Wildman–Crippen LogP) is 0.270. The van der Waals surface area contributed by atoms with Crippen LogP contribution in [0.4, 0.5) is 4.79 Å². The highest BCUT2D eigenvalue weighted by Crippen LogP contribution is 2.09. The molecule has 0 aromatic carbocycles. The number of carbonyl (C=O) groups excluding carboxylic acids is 3. The van der Waals surface area contributed by atoms with Crippen LogP contribution in [0.3, 0.4) is 0 Å². The highest BCUT2D eigenvalue weighted by molar-refractivity contribution is 6.02. The van der Waals surface area contributed by atoms with E-state index in [2.05, 4.69) is 5.32 Å². The smallest absolute Gasteiger partial charge is 0.324 e. The van der Waals surface area contributed by atoms with Crippen LogP contribution in [0.2, 0.25) is 0 Å². The molecule has 0 radical (unpaired) electrons. The molecule has 0 unspecified atom stereocenters. The number of hydrogen-bond donors (Lipinski definition) is 1. The molecular weight excluding hydrogens is 212 g/mol. The van der Waals surface area contributed by atoms with Crippen molar-refractivity contribution in [2.24, 2.45) is 0 Å². The molecule has 0 aliphatic carbocycles. The minimum absolute atomic E-state index is 0.00710. The van der Waals surface area contributed by atoms with Crippen molar-refractivity contribution in [3.63, 3.8) is 0 Å². The lowest BCUT2D eigenvalue weighted by Gasteiger charge is -2.20. The van der Waals surface area contributed by atoms with E-state index in [0.717, 1.165) is 4.90 Å². The van der Waals surface area contributed by atoms with Gasteiger partial charge in [-0.3, -0.25) is 14.5 Å². The summed E-state index contributed by atoms with van der Waals surface area (Å²) in [5.41, 5.74) is -0.547. The molecule has 1 heterocycles. The second-order valence-corrected chi connectivity index (χ2v) is 4.54. The Morgan fingerprint density at radius 1 is 1.44 bits per heavy atom. The number of hydrogen-bond acceptors (Lipinski definition) is 4. The first-order valence-electron chi connectivity index (χ1n) is 5.09. The summed E-state index contributed by atoms with van der Waals surface area (Å²) in [5.74, 6) is -0.728. The zero-order valence-corrected chi connectivity index (χ0v) is 9.70. The van der Waals surface area contributed by atoms with Gasteiger partial charge in [-0.15, -0.1) is 0 Å². The van der Waals surface area contributed by atoms with Gasteiger partial charge < -0.3 is 10.1 Å². The Morgan fingerprint density at radius 3 is 2.50 bits per heavy atom. The summed E-state index contributed by atoms with van der Waals surface area (Å²) in [6, 6.07) is -0.450. The largest absolute Gasteiger partial charge is 0.460 e. The van der Waals surface area contributed by atoms with E-state index in [1.54, 1.807) is 20.8 Å². The average Bonchev–Trinajstić information content (AvgIpc) is 2.41. The number of rotatable bonds is 3. The van der Waals surface area contributed by atoms with Crippen LogP contribution >= 0.6 is 0 Å². The fourth-order valence-corrected chi connectivity index (χ4v) is 1.28. The normalized spacial score (nSPS) is 16.3. The number of carbonyl (C=O) groups is 3. The van der Waals surface area contributed by atoms with Gasteiger partial charge in [0, 0.05) is 6.54 Å². The lowest BCUT2D eigenvalue weighted by atomic mass is 10.2. The molecule has 0 aromatic rings. The Bertz CT molecular complexity index is 303. The Balaban J connectivity index is 2.37. The number of esters is 1.